The zero-order chi connectivity index (χ0) is 18.4. The van der Waals surface area contributed by atoms with E-state index in [-0.39, 0.29) is 11.7 Å². The molecular weight excluding hydrogens is 300 g/mol. The molecule has 0 aromatic carbocycles. The molecule has 138 valence electrons. The molecule has 0 N–H and O–H groups in total. The fourth-order valence-electron chi connectivity index (χ4n) is 2.29. The summed E-state index contributed by atoms with van der Waals surface area (Å²) in [6.45, 7) is 21.6. The summed E-state index contributed by atoms with van der Waals surface area (Å²) in [7, 11) is 0. The van der Waals surface area contributed by atoms with Gasteiger partial charge in [0.1, 0.15) is 5.78 Å². The van der Waals surface area contributed by atoms with Crippen molar-refractivity contribution in [3.8, 4) is 11.8 Å². The summed E-state index contributed by atoms with van der Waals surface area (Å²) >= 11 is 0. The number of piperazine rings is 1. The van der Waals surface area contributed by atoms with Gasteiger partial charge in [-0.2, -0.15) is 0 Å². The predicted molar refractivity (Wildman–Crippen MR) is 102 cm³/mol. The molecule has 0 aromatic rings. The Labute approximate surface area is 149 Å². The number of rotatable bonds is 8. The van der Waals surface area contributed by atoms with Crippen molar-refractivity contribution in [2.45, 2.75) is 34.1 Å². The first-order chi connectivity index (χ1) is 11.5. The number of carbonyl (C=O) groups is 1. The maximum absolute atomic E-state index is 11.5. The summed E-state index contributed by atoms with van der Waals surface area (Å²) in [6, 6.07) is 0. The molecule has 1 fully saturated rings. The van der Waals surface area contributed by atoms with Crippen molar-refractivity contribution in [2.75, 3.05) is 52.5 Å². The third-order valence-corrected chi connectivity index (χ3v) is 3.85. The fourth-order valence-corrected chi connectivity index (χ4v) is 2.29. The van der Waals surface area contributed by atoms with E-state index in [1.54, 1.807) is 0 Å². The van der Waals surface area contributed by atoms with Crippen LogP contribution in [0.15, 0.2) is 13.2 Å². The summed E-state index contributed by atoms with van der Waals surface area (Å²) in [6.07, 6.45) is 0.542. The molecule has 4 nitrogen and oxygen atoms in total. The predicted octanol–water partition coefficient (Wildman–Crippen LogP) is 2.70. The minimum absolute atomic E-state index is 0.121. The van der Waals surface area contributed by atoms with Crippen LogP contribution in [0.3, 0.4) is 0 Å². The first kappa shape index (κ1) is 22.9. The summed E-state index contributed by atoms with van der Waals surface area (Å²) in [5.74, 6) is 7.33. The van der Waals surface area contributed by atoms with Crippen LogP contribution in [0.5, 0.6) is 0 Å². The van der Waals surface area contributed by atoms with Gasteiger partial charge in [-0.3, -0.25) is 14.6 Å². The van der Waals surface area contributed by atoms with Crippen LogP contribution >= 0.6 is 0 Å². The molecule has 0 radical (unpaired) electrons. The second-order valence-corrected chi connectivity index (χ2v) is 6.58. The summed E-state index contributed by atoms with van der Waals surface area (Å²) in [5.41, 5.74) is 0. The largest absolute Gasteiger partial charge is 0.380 e. The summed E-state index contributed by atoms with van der Waals surface area (Å²) < 4.78 is 5.58. The zero-order valence-corrected chi connectivity index (χ0v) is 16.1. The van der Waals surface area contributed by atoms with E-state index in [1.807, 2.05) is 13.8 Å². The normalized spacial score (nSPS) is 15.6. The van der Waals surface area contributed by atoms with E-state index in [4.69, 9.17) is 4.74 Å². The lowest BCUT2D eigenvalue weighted by Crippen LogP contribution is -2.47. The molecule has 0 unspecified atom stereocenters. The quantitative estimate of drug-likeness (QED) is 0.388. The van der Waals surface area contributed by atoms with Crippen molar-refractivity contribution in [1.29, 1.82) is 0 Å². The zero-order valence-electron chi connectivity index (χ0n) is 16.1. The highest BCUT2D eigenvalue weighted by Gasteiger charge is 2.15. The number of ether oxygens (including phenoxy) is 1. The summed E-state index contributed by atoms with van der Waals surface area (Å²) in [5, 5.41) is 0. The fraction of sp³-hybridized carbons (Fsp3) is 0.750. The molecule has 1 heterocycles. The Morgan fingerprint density at radius 3 is 2.17 bits per heavy atom. The van der Waals surface area contributed by atoms with Crippen LogP contribution in [0.4, 0.5) is 0 Å². The molecule has 1 saturated heterocycles. The molecule has 1 aliphatic rings. The van der Waals surface area contributed by atoms with Crippen LogP contribution in [0.25, 0.3) is 0 Å². The Morgan fingerprint density at radius 1 is 1.04 bits per heavy atom. The second kappa shape index (κ2) is 14.2. The van der Waals surface area contributed by atoms with Gasteiger partial charge in [-0.05, 0) is 0 Å². The Morgan fingerprint density at radius 2 is 1.62 bits per heavy atom. The maximum Gasteiger partial charge on any atom is 0.137 e. The van der Waals surface area contributed by atoms with Gasteiger partial charge in [0, 0.05) is 51.0 Å². The van der Waals surface area contributed by atoms with Gasteiger partial charge in [0.25, 0.3) is 0 Å². The van der Waals surface area contributed by atoms with Gasteiger partial charge in [0.2, 0.25) is 0 Å². The number of Topliss-reactive ketones (excluding diaryl/α,β-unsaturated/α-hetero) is 1. The lowest BCUT2D eigenvalue weighted by molar-refractivity contribution is -0.123. The third-order valence-electron chi connectivity index (χ3n) is 3.85. The maximum atomic E-state index is 11.5. The van der Waals surface area contributed by atoms with Crippen LogP contribution < -0.4 is 0 Å². The molecule has 0 aliphatic carbocycles. The lowest BCUT2D eigenvalue weighted by atomic mass is 10.1. The Kier molecular flexibility index (Phi) is 13.5. The van der Waals surface area contributed by atoms with Gasteiger partial charge in [-0.1, -0.05) is 39.5 Å². The van der Waals surface area contributed by atoms with Gasteiger partial charge in [-0.25, -0.2) is 0 Å². The molecule has 0 aromatic heterocycles. The first-order valence-corrected chi connectivity index (χ1v) is 9.02. The Balaban J connectivity index is 0.00000254. The van der Waals surface area contributed by atoms with E-state index in [0.29, 0.717) is 18.9 Å². The number of hydrogen-bond acceptors (Lipinski definition) is 4. The van der Waals surface area contributed by atoms with Crippen LogP contribution in [0, 0.1) is 23.7 Å². The average Bonchev–Trinajstić information content (AvgIpc) is 2.57. The Hall–Kier alpha value is -1.15. The number of nitrogens with zero attached hydrogens (tertiary/aromatic N) is 2. The Bertz CT molecular complexity index is 388. The van der Waals surface area contributed by atoms with E-state index in [9.17, 15) is 4.79 Å². The van der Waals surface area contributed by atoms with Crippen molar-refractivity contribution in [3.63, 3.8) is 0 Å². The van der Waals surface area contributed by atoms with Crippen LogP contribution in [-0.4, -0.2) is 68.1 Å². The van der Waals surface area contributed by atoms with E-state index < -0.39 is 0 Å². The number of carbonyl (C=O) groups excluding carboxylic acids is 1. The highest BCUT2D eigenvalue weighted by molar-refractivity contribution is 5.80. The molecule has 0 spiro atoms. The van der Waals surface area contributed by atoms with Gasteiger partial charge >= 0.3 is 0 Å². The second-order valence-electron chi connectivity index (χ2n) is 6.58. The molecule has 4 heteroatoms. The smallest absolute Gasteiger partial charge is 0.137 e. The van der Waals surface area contributed by atoms with Gasteiger partial charge in [-0.15, -0.1) is 13.2 Å². The molecule has 0 amide bonds. The SMILES string of the molecule is C=C.CC(C)C#CCN1CCN(CCOCCC(=O)C(C)C)CC1. The third kappa shape index (κ3) is 11.4. The molecule has 0 saturated carbocycles. The molecule has 1 rings (SSSR count). The summed E-state index contributed by atoms with van der Waals surface area (Å²) in [4.78, 5) is 16.3. The van der Waals surface area contributed by atoms with E-state index in [2.05, 4.69) is 48.6 Å². The van der Waals surface area contributed by atoms with Crippen LogP contribution in [0.1, 0.15) is 34.1 Å². The van der Waals surface area contributed by atoms with Crippen molar-refractivity contribution >= 4 is 5.78 Å². The highest BCUT2D eigenvalue weighted by Crippen LogP contribution is 2.02. The van der Waals surface area contributed by atoms with Crippen molar-refractivity contribution < 1.29 is 9.53 Å². The van der Waals surface area contributed by atoms with Crippen LogP contribution in [0.2, 0.25) is 0 Å². The topological polar surface area (TPSA) is 32.8 Å². The molecule has 0 bridgehead atoms. The average molecular weight is 337 g/mol. The molecule has 1 aliphatic heterocycles. The molecule has 0 atom stereocenters. The van der Waals surface area contributed by atoms with Gasteiger partial charge in [0.05, 0.1) is 19.8 Å². The molecular formula is C20H36N2O2. The van der Waals surface area contributed by atoms with Crippen molar-refractivity contribution in [3.05, 3.63) is 13.2 Å². The van der Waals surface area contributed by atoms with Gasteiger partial charge < -0.3 is 4.74 Å². The van der Waals surface area contributed by atoms with Crippen molar-refractivity contribution in [2.24, 2.45) is 11.8 Å². The number of hydrogen-bond donors (Lipinski definition) is 0. The highest BCUT2D eigenvalue weighted by atomic mass is 16.5. The minimum atomic E-state index is 0.121. The van der Waals surface area contributed by atoms with Gasteiger partial charge in [0.15, 0.2) is 0 Å². The van der Waals surface area contributed by atoms with Crippen LogP contribution in [-0.2, 0) is 9.53 Å². The van der Waals surface area contributed by atoms with E-state index >= 15 is 0 Å². The lowest BCUT2D eigenvalue weighted by Gasteiger charge is -2.33. The van der Waals surface area contributed by atoms with Crippen molar-refractivity contribution in [1.82, 2.24) is 9.80 Å². The monoisotopic (exact) mass is 336 g/mol. The number of ketones is 1. The van der Waals surface area contributed by atoms with E-state index in [1.165, 1.54) is 0 Å². The van der Waals surface area contributed by atoms with E-state index in [0.717, 1.165) is 45.9 Å². The standard InChI is InChI=1S/C18H32N2O2.C2H4/c1-16(2)6-5-8-19-9-11-20(12-10-19)13-15-22-14-7-18(21)17(3)4;1-2/h16-17H,7-15H2,1-4H3;1-2H2. The molecule has 24 heavy (non-hydrogen) atoms. The first-order valence-electron chi connectivity index (χ1n) is 9.02. The minimum Gasteiger partial charge on any atom is -0.380 e.